The second-order valence-corrected chi connectivity index (χ2v) is 5.15. The van der Waals surface area contributed by atoms with Gasteiger partial charge in [0.1, 0.15) is 24.7 Å². The van der Waals surface area contributed by atoms with Gasteiger partial charge in [-0.25, -0.2) is 0 Å². The van der Waals surface area contributed by atoms with Crippen LogP contribution in [0.4, 0.5) is 11.4 Å². The average Bonchev–Trinajstić information content (AvgIpc) is 2.64. The molecule has 0 spiro atoms. The number of hydrogen-bond donors (Lipinski definition) is 2. The molecule has 0 bridgehead atoms. The predicted molar refractivity (Wildman–Crippen MR) is 101 cm³/mol. The summed E-state index contributed by atoms with van der Waals surface area (Å²) >= 11 is 0. The molecule has 0 saturated carbocycles. The minimum atomic E-state index is -0.146. The van der Waals surface area contributed by atoms with E-state index in [0.717, 1.165) is 11.4 Å². The van der Waals surface area contributed by atoms with Crippen molar-refractivity contribution >= 4 is 17.3 Å². The summed E-state index contributed by atoms with van der Waals surface area (Å²) in [7, 11) is 0. The normalized spacial score (nSPS) is 9.76. The molecular formula is C20H22N2O3. The van der Waals surface area contributed by atoms with Gasteiger partial charge in [0, 0.05) is 17.4 Å². The highest BCUT2D eigenvalue weighted by Crippen LogP contribution is 2.18. The van der Waals surface area contributed by atoms with E-state index in [9.17, 15) is 4.79 Å². The van der Waals surface area contributed by atoms with Gasteiger partial charge in [0.15, 0.2) is 0 Å². The van der Waals surface area contributed by atoms with Crippen LogP contribution in [0.25, 0.3) is 0 Å². The van der Waals surface area contributed by atoms with Crippen molar-refractivity contribution in [2.75, 3.05) is 30.4 Å². The van der Waals surface area contributed by atoms with Gasteiger partial charge in [0.2, 0.25) is 5.91 Å². The summed E-state index contributed by atoms with van der Waals surface area (Å²) in [6.07, 6.45) is 3.36. The topological polar surface area (TPSA) is 59.6 Å². The number of rotatable bonds is 10. The Hall–Kier alpha value is -3.21. The van der Waals surface area contributed by atoms with Crippen LogP contribution in [0, 0.1) is 0 Å². The molecule has 5 heteroatoms. The van der Waals surface area contributed by atoms with Gasteiger partial charge in [-0.05, 0) is 36.4 Å². The number of hydrogen-bond acceptors (Lipinski definition) is 4. The standard InChI is InChI=1S/C20H22N2O3/c1-3-12-24-18-10-8-16(9-11-18)21-15-20(23)22-17-6-5-7-19(14-17)25-13-4-2/h3-11,14,21H,1-2,12-13,15H2,(H,22,23). The van der Waals surface area contributed by atoms with Crippen molar-refractivity contribution in [3.05, 3.63) is 73.8 Å². The van der Waals surface area contributed by atoms with E-state index >= 15 is 0 Å². The summed E-state index contributed by atoms with van der Waals surface area (Å²) in [6.45, 7) is 8.25. The van der Waals surface area contributed by atoms with E-state index in [1.807, 2.05) is 42.5 Å². The molecule has 0 aromatic heterocycles. The van der Waals surface area contributed by atoms with Crippen molar-refractivity contribution in [2.45, 2.75) is 0 Å². The van der Waals surface area contributed by atoms with Gasteiger partial charge in [-0.1, -0.05) is 31.4 Å². The molecule has 0 aliphatic heterocycles. The van der Waals surface area contributed by atoms with Crippen LogP contribution in [0.5, 0.6) is 11.5 Å². The second kappa shape index (κ2) is 9.82. The van der Waals surface area contributed by atoms with Gasteiger partial charge in [-0.15, -0.1) is 0 Å². The van der Waals surface area contributed by atoms with E-state index in [0.29, 0.717) is 24.7 Å². The van der Waals surface area contributed by atoms with Crippen molar-refractivity contribution < 1.29 is 14.3 Å². The van der Waals surface area contributed by atoms with Crippen molar-refractivity contribution in [2.24, 2.45) is 0 Å². The molecule has 0 saturated heterocycles. The molecule has 25 heavy (non-hydrogen) atoms. The molecule has 0 unspecified atom stereocenters. The van der Waals surface area contributed by atoms with Crippen molar-refractivity contribution in [1.29, 1.82) is 0 Å². The van der Waals surface area contributed by atoms with Gasteiger partial charge in [-0.3, -0.25) is 4.79 Å². The minimum Gasteiger partial charge on any atom is -0.490 e. The second-order valence-electron chi connectivity index (χ2n) is 5.15. The molecule has 1 amide bonds. The van der Waals surface area contributed by atoms with Crippen LogP contribution in [0.15, 0.2) is 73.8 Å². The molecule has 0 aliphatic carbocycles. The van der Waals surface area contributed by atoms with Crippen LogP contribution in [0.2, 0.25) is 0 Å². The zero-order valence-electron chi connectivity index (χ0n) is 14.0. The van der Waals surface area contributed by atoms with Crippen molar-refractivity contribution in [3.8, 4) is 11.5 Å². The molecule has 2 aromatic carbocycles. The molecule has 130 valence electrons. The van der Waals surface area contributed by atoms with Crippen LogP contribution in [0.1, 0.15) is 0 Å². The smallest absolute Gasteiger partial charge is 0.243 e. The van der Waals surface area contributed by atoms with Gasteiger partial charge >= 0.3 is 0 Å². The zero-order valence-corrected chi connectivity index (χ0v) is 14.0. The molecule has 0 aliphatic rings. The monoisotopic (exact) mass is 338 g/mol. The Bertz CT molecular complexity index is 711. The molecule has 0 heterocycles. The van der Waals surface area contributed by atoms with Gasteiger partial charge < -0.3 is 20.1 Å². The number of ether oxygens (including phenoxy) is 2. The van der Waals surface area contributed by atoms with Crippen molar-refractivity contribution in [1.82, 2.24) is 0 Å². The molecular weight excluding hydrogens is 316 g/mol. The summed E-state index contributed by atoms with van der Waals surface area (Å²) < 4.78 is 10.9. The van der Waals surface area contributed by atoms with Crippen LogP contribution in [-0.4, -0.2) is 25.7 Å². The minimum absolute atomic E-state index is 0.146. The molecule has 2 aromatic rings. The van der Waals surface area contributed by atoms with E-state index in [1.165, 1.54) is 0 Å². The Labute approximate surface area is 148 Å². The number of amides is 1. The lowest BCUT2D eigenvalue weighted by Gasteiger charge is -2.10. The van der Waals surface area contributed by atoms with Crippen molar-refractivity contribution in [3.63, 3.8) is 0 Å². The Kier molecular flexibility index (Phi) is 7.13. The Morgan fingerprint density at radius 2 is 1.60 bits per heavy atom. The maximum Gasteiger partial charge on any atom is 0.243 e. The quantitative estimate of drug-likeness (QED) is 0.646. The molecule has 5 nitrogen and oxygen atoms in total. The number of carbonyl (C=O) groups excluding carboxylic acids is 1. The van der Waals surface area contributed by atoms with Crippen LogP contribution in [0.3, 0.4) is 0 Å². The first kappa shape index (κ1) is 18.1. The average molecular weight is 338 g/mol. The molecule has 0 radical (unpaired) electrons. The van der Waals surface area contributed by atoms with Crippen LogP contribution < -0.4 is 20.1 Å². The lowest BCUT2D eigenvalue weighted by Crippen LogP contribution is -2.21. The summed E-state index contributed by atoms with van der Waals surface area (Å²) in [4.78, 5) is 12.1. The summed E-state index contributed by atoms with van der Waals surface area (Å²) in [5.74, 6) is 1.29. The maximum absolute atomic E-state index is 12.1. The highest BCUT2D eigenvalue weighted by Gasteiger charge is 2.04. The molecule has 0 fully saturated rings. The lowest BCUT2D eigenvalue weighted by molar-refractivity contribution is -0.114. The zero-order chi connectivity index (χ0) is 17.9. The van der Waals surface area contributed by atoms with Gasteiger partial charge in [0.25, 0.3) is 0 Å². The Morgan fingerprint density at radius 1 is 0.920 bits per heavy atom. The third kappa shape index (κ3) is 6.43. The summed E-state index contributed by atoms with van der Waals surface area (Å²) in [6, 6.07) is 14.6. The summed E-state index contributed by atoms with van der Waals surface area (Å²) in [5, 5.41) is 5.89. The van der Waals surface area contributed by atoms with E-state index < -0.39 is 0 Å². The fourth-order valence-electron chi connectivity index (χ4n) is 2.03. The number of benzene rings is 2. The van der Waals surface area contributed by atoms with Crippen LogP contribution in [-0.2, 0) is 4.79 Å². The first-order valence-electron chi connectivity index (χ1n) is 7.92. The third-order valence-corrected chi connectivity index (χ3v) is 3.16. The Balaban J connectivity index is 1.82. The first-order chi connectivity index (χ1) is 12.2. The number of nitrogens with one attached hydrogen (secondary N) is 2. The molecule has 2 rings (SSSR count). The predicted octanol–water partition coefficient (Wildman–Crippen LogP) is 3.87. The first-order valence-corrected chi connectivity index (χ1v) is 7.92. The SMILES string of the molecule is C=CCOc1ccc(NCC(=O)Nc2cccc(OCC=C)c2)cc1. The Morgan fingerprint density at radius 3 is 2.28 bits per heavy atom. The highest BCUT2D eigenvalue weighted by molar-refractivity contribution is 5.93. The third-order valence-electron chi connectivity index (χ3n) is 3.16. The summed E-state index contributed by atoms with van der Waals surface area (Å²) in [5.41, 5.74) is 1.52. The lowest BCUT2D eigenvalue weighted by atomic mass is 10.3. The fourth-order valence-corrected chi connectivity index (χ4v) is 2.03. The van der Waals surface area contributed by atoms with Crippen LogP contribution >= 0.6 is 0 Å². The van der Waals surface area contributed by atoms with E-state index in [-0.39, 0.29) is 12.5 Å². The number of anilines is 2. The maximum atomic E-state index is 12.1. The van der Waals surface area contributed by atoms with Gasteiger partial charge in [0.05, 0.1) is 6.54 Å². The van der Waals surface area contributed by atoms with E-state index in [2.05, 4.69) is 23.8 Å². The van der Waals surface area contributed by atoms with E-state index in [4.69, 9.17) is 9.47 Å². The fraction of sp³-hybridized carbons (Fsp3) is 0.150. The molecule has 0 atom stereocenters. The highest BCUT2D eigenvalue weighted by atomic mass is 16.5. The van der Waals surface area contributed by atoms with Gasteiger partial charge in [-0.2, -0.15) is 0 Å². The van der Waals surface area contributed by atoms with E-state index in [1.54, 1.807) is 18.2 Å². The number of carbonyl (C=O) groups is 1. The molecule has 2 N–H and O–H groups in total. The largest absolute Gasteiger partial charge is 0.490 e.